The van der Waals surface area contributed by atoms with Crippen molar-refractivity contribution in [1.29, 1.82) is 0 Å². The third kappa shape index (κ3) is 4.16. The van der Waals surface area contributed by atoms with Crippen LogP contribution in [-0.2, 0) is 0 Å². The fourth-order valence-corrected chi connectivity index (χ4v) is 8.51. The number of pyridine rings is 3. The maximum Gasteiger partial charge on any atom is 0.0972 e. The fraction of sp³-hybridized carbons (Fsp3) is 0.0227. The van der Waals surface area contributed by atoms with Gasteiger partial charge in [-0.2, -0.15) is 0 Å². The van der Waals surface area contributed by atoms with Gasteiger partial charge in [0.25, 0.3) is 0 Å². The third-order valence-corrected chi connectivity index (χ3v) is 10.9. The SMILES string of the molecule is Cc1cccc2c1sc1c2ccc2c(-c3cccc(-c4ccc5ccc6ccc(-c7ccccc7)nc6c5n4)c3)nc3ccccc3c21. The van der Waals surface area contributed by atoms with Crippen LogP contribution in [0, 0.1) is 6.92 Å². The fourth-order valence-electron chi connectivity index (χ4n) is 7.17. The minimum absolute atomic E-state index is 0.907. The molecule has 0 aliphatic carbocycles. The average Bonchev–Trinajstić information content (AvgIpc) is 3.54. The van der Waals surface area contributed by atoms with E-state index in [9.17, 15) is 0 Å². The van der Waals surface area contributed by atoms with Crippen LogP contribution in [0.5, 0.6) is 0 Å². The first-order chi connectivity index (χ1) is 23.7. The number of aryl methyl sites for hydroxylation is 1. The summed E-state index contributed by atoms with van der Waals surface area (Å²) in [6.45, 7) is 2.21. The first-order valence-corrected chi connectivity index (χ1v) is 17.0. The maximum absolute atomic E-state index is 5.29. The Balaban J connectivity index is 1.17. The zero-order valence-corrected chi connectivity index (χ0v) is 26.9. The number of thiophene rings is 1. The van der Waals surface area contributed by atoms with Gasteiger partial charge in [-0.1, -0.05) is 121 Å². The van der Waals surface area contributed by atoms with Gasteiger partial charge in [0.05, 0.1) is 33.6 Å². The smallest absolute Gasteiger partial charge is 0.0972 e. The highest BCUT2D eigenvalue weighted by atomic mass is 32.1. The van der Waals surface area contributed by atoms with Gasteiger partial charge in [0, 0.05) is 63.8 Å². The minimum Gasteiger partial charge on any atom is -0.247 e. The lowest BCUT2D eigenvalue weighted by Gasteiger charge is -2.12. The van der Waals surface area contributed by atoms with E-state index in [0.717, 1.165) is 66.5 Å². The van der Waals surface area contributed by atoms with Crippen LogP contribution in [-0.4, -0.2) is 15.0 Å². The van der Waals surface area contributed by atoms with Crippen molar-refractivity contribution in [1.82, 2.24) is 15.0 Å². The Hall–Kier alpha value is -5.97. The van der Waals surface area contributed by atoms with Crippen molar-refractivity contribution in [3.8, 4) is 33.8 Å². The standard InChI is InChI=1S/C44H27N3S/c1-26-9-7-15-32-33-21-22-35-39(44(33)48-43(26)32)34-14-5-6-16-38(34)47-40(35)31-13-8-12-30(25-31)37-24-20-29-18-17-28-19-23-36(27-10-3-2-4-11-27)45-41(28)42(29)46-37/h2-25H,1H3. The molecular formula is C44H27N3S. The van der Waals surface area contributed by atoms with Crippen LogP contribution in [0.1, 0.15) is 5.56 Å². The molecule has 0 aliphatic heterocycles. The van der Waals surface area contributed by atoms with Gasteiger partial charge in [0.1, 0.15) is 0 Å². The Morgan fingerprint density at radius 2 is 1.04 bits per heavy atom. The molecule has 4 heterocycles. The van der Waals surface area contributed by atoms with Gasteiger partial charge < -0.3 is 0 Å². The molecule has 4 aromatic heterocycles. The third-order valence-electron chi connectivity index (χ3n) is 9.55. The van der Waals surface area contributed by atoms with E-state index in [1.54, 1.807) is 0 Å². The van der Waals surface area contributed by atoms with E-state index in [0.29, 0.717) is 0 Å². The van der Waals surface area contributed by atoms with E-state index in [2.05, 4.69) is 134 Å². The van der Waals surface area contributed by atoms with Crippen LogP contribution in [0.3, 0.4) is 0 Å². The molecule has 48 heavy (non-hydrogen) atoms. The summed E-state index contributed by atoms with van der Waals surface area (Å²) < 4.78 is 2.67. The summed E-state index contributed by atoms with van der Waals surface area (Å²) in [6.07, 6.45) is 0. The second kappa shape index (κ2) is 10.5. The Kier molecular flexibility index (Phi) is 5.96. The predicted molar refractivity (Wildman–Crippen MR) is 204 cm³/mol. The van der Waals surface area contributed by atoms with Crippen molar-refractivity contribution in [3.63, 3.8) is 0 Å². The van der Waals surface area contributed by atoms with Crippen LogP contribution < -0.4 is 0 Å². The molecule has 0 fully saturated rings. The van der Waals surface area contributed by atoms with Crippen LogP contribution >= 0.6 is 11.3 Å². The van der Waals surface area contributed by atoms with E-state index in [1.807, 2.05) is 29.5 Å². The lowest BCUT2D eigenvalue weighted by molar-refractivity contribution is 1.36. The highest BCUT2D eigenvalue weighted by Gasteiger charge is 2.17. The van der Waals surface area contributed by atoms with E-state index in [-0.39, 0.29) is 0 Å². The first kappa shape index (κ1) is 27.2. The molecule has 0 N–H and O–H groups in total. The largest absolute Gasteiger partial charge is 0.247 e. The molecule has 0 saturated carbocycles. The van der Waals surface area contributed by atoms with Crippen molar-refractivity contribution in [2.24, 2.45) is 0 Å². The summed E-state index contributed by atoms with van der Waals surface area (Å²) >= 11 is 1.89. The molecule has 6 aromatic carbocycles. The molecule has 0 aliphatic rings. The molecule has 0 bridgehead atoms. The molecule has 3 nitrogen and oxygen atoms in total. The monoisotopic (exact) mass is 629 g/mol. The lowest BCUT2D eigenvalue weighted by Crippen LogP contribution is -1.92. The maximum atomic E-state index is 5.29. The molecule has 10 rings (SSSR count). The molecule has 0 spiro atoms. The van der Waals surface area contributed by atoms with Crippen LogP contribution in [0.25, 0.3) is 97.4 Å². The van der Waals surface area contributed by atoms with Crippen molar-refractivity contribution >= 4 is 75.0 Å². The second-order valence-electron chi connectivity index (χ2n) is 12.4. The molecule has 0 radical (unpaired) electrons. The number of nitrogens with zero attached hydrogens (tertiary/aromatic N) is 3. The second-order valence-corrected chi connectivity index (χ2v) is 13.5. The minimum atomic E-state index is 0.907. The van der Waals surface area contributed by atoms with Crippen molar-refractivity contribution in [3.05, 3.63) is 151 Å². The van der Waals surface area contributed by atoms with E-state index in [4.69, 9.17) is 15.0 Å². The Morgan fingerprint density at radius 1 is 0.438 bits per heavy atom. The summed E-state index contributed by atoms with van der Waals surface area (Å²) in [4.78, 5) is 15.6. The van der Waals surface area contributed by atoms with Crippen LogP contribution in [0.15, 0.2) is 146 Å². The highest BCUT2D eigenvalue weighted by molar-refractivity contribution is 7.27. The van der Waals surface area contributed by atoms with E-state index < -0.39 is 0 Å². The zero-order valence-electron chi connectivity index (χ0n) is 26.1. The normalized spacial score (nSPS) is 11.9. The lowest BCUT2D eigenvalue weighted by atomic mass is 9.96. The molecule has 224 valence electrons. The van der Waals surface area contributed by atoms with Gasteiger partial charge in [-0.3, -0.25) is 0 Å². The van der Waals surface area contributed by atoms with Crippen molar-refractivity contribution < 1.29 is 0 Å². The number of fused-ring (bicyclic) bond motifs is 10. The number of hydrogen-bond donors (Lipinski definition) is 0. The van der Waals surface area contributed by atoms with Crippen LogP contribution in [0.4, 0.5) is 0 Å². The molecule has 0 unspecified atom stereocenters. The van der Waals surface area contributed by atoms with Gasteiger partial charge in [-0.25, -0.2) is 15.0 Å². The van der Waals surface area contributed by atoms with Gasteiger partial charge in [-0.15, -0.1) is 11.3 Å². The zero-order chi connectivity index (χ0) is 31.8. The van der Waals surface area contributed by atoms with Crippen molar-refractivity contribution in [2.45, 2.75) is 6.92 Å². The van der Waals surface area contributed by atoms with Gasteiger partial charge in [-0.05, 0) is 36.8 Å². The summed E-state index contributed by atoms with van der Waals surface area (Å²) in [5, 5.41) is 8.40. The van der Waals surface area contributed by atoms with Gasteiger partial charge >= 0.3 is 0 Å². The summed E-state index contributed by atoms with van der Waals surface area (Å²) in [5.74, 6) is 0. The summed E-state index contributed by atoms with van der Waals surface area (Å²) in [6, 6.07) is 51.5. The summed E-state index contributed by atoms with van der Waals surface area (Å²) in [5.41, 5.74) is 10.2. The first-order valence-electron chi connectivity index (χ1n) is 16.2. The average molecular weight is 630 g/mol. The molecule has 4 heteroatoms. The number of rotatable bonds is 3. The molecule has 10 aromatic rings. The highest BCUT2D eigenvalue weighted by Crippen LogP contribution is 2.44. The topological polar surface area (TPSA) is 38.7 Å². The van der Waals surface area contributed by atoms with Gasteiger partial charge in [0.2, 0.25) is 0 Å². The molecular weight excluding hydrogens is 603 g/mol. The summed E-state index contributed by atoms with van der Waals surface area (Å²) in [7, 11) is 0. The van der Waals surface area contributed by atoms with Crippen molar-refractivity contribution in [2.75, 3.05) is 0 Å². The molecule has 0 atom stereocenters. The number of aromatic nitrogens is 3. The van der Waals surface area contributed by atoms with E-state index in [1.165, 1.54) is 36.5 Å². The number of hydrogen-bond acceptors (Lipinski definition) is 4. The number of benzene rings is 6. The molecule has 0 amide bonds. The molecule has 0 saturated heterocycles. The Bertz CT molecular complexity index is 2910. The van der Waals surface area contributed by atoms with Gasteiger partial charge in [0.15, 0.2) is 0 Å². The predicted octanol–water partition coefficient (Wildman–Crippen LogP) is 12.2. The Morgan fingerprint density at radius 3 is 1.85 bits per heavy atom. The quantitative estimate of drug-likeness (QED) is 0.183. The van der Waals surface area contributed by atoms with E-state index >= 15 is 0 Å². The van der Waals surface area contributed by atoms with Crippen LogP contribution in [0.2, 0.25) is 0 Å². The number of para-hydroxylation sites is 1. The Labute approximate surface area is 280 Å².